The van der Waals surface area contributed by atoms with Crippen molar-refractivity contribution in [1.82, 2.24) is 0 Å². The molecule has 1 aliphatic rings. The van der Waals surface area contributed by atoms with Gasteiger partial charge in [-0.05, 0) is 78.2 Å². The molecule has 0 spiro atoms. The third-order valence-corrected chi connectivity index (χ3v) is 7.82. The Morgan fingerprint density at radius 3 is 1.89 bits per heavy atom. The van der Waals surface area contributed by atoms with Crippen molar-refractivity contribution < 1.29 is 0 Å². The fraction of sp³-hybridized carbons (Fsp3) is 0.0857. The van der Waals surface area contributed by atoms with Crippen LogP contribution in [0.2, 0.25) is 0 Å². The molecule has 6 aromatic rings. The lowest BCUT2D eigenvalue weighted by Gasteiger charge is -2.24. The maximum Gasteiger partial charge on any atom is 0.0165 e. The Hall–Kier alpha value is -4.16. The van der Waals surface area contributed by atoms with E-state index in [4.69, 9.17) is 0 Å². The van der Waals surface area contributed by atoms with Gasteiger partial charge >= 0.3 is 0 Å². The third-order valence-electron chi connectivity index (χ3n) is 7.82. The molecule has 0 unspecified atom stereocenters. The Labute approximate surface area is 206 Å². The molecule has 0 aliphatic heterocycles. The highest BCUT2D eigenvalue weighted by Crippen LogP contribution is 2.54. The Morgan fingerprint density at radius 2 is 1.06 bits per heavy atom. The average molecular weight is 447 g/mol. The van der Waals surface area contributed by atoms with Crippen molar-refractivity contribution in [3.8, 4) is 33.4 Å². The van der Waals surface area contributed by atoms with E-state index in [1.54, 1.807) is 0 Å². The topological polar surface area (TPSA) is 0 Å². The molecule has 0 bridgehead atoms. The van der Waals surface area contributed by atoms with E-state index < -0.39 is 0 Å². The number of hydrogen-bond acceptors (Lipinski definition) is 0. The van der Waals surface area contributed by atoms with Crippen molar-refractivity contribution in [2.75, 3.05) is 0 Å². The average Bonchev–Trinajstić information content (AvgIpc) is 3.16. The molecule has 166 valence electrons. The summed E-state index contributed by atoms with van der Waals surface area (Å²) in [5.41, 5.74) is 10.6. The maximum absolute atomic E-state index is 2.40. The standard InChI is InChI=1S/C35H26/c1-35(2)32-18-9-8-17-30(32)33-28-16-7-6-15-27(28)31-22-26(19-20-29(31)34(33)35)25-14-10-13-24(21-25)23-11-4-3-5-12-23/h3-22H,1-2H3. The van der Waals surface area contributed by atoms with Gasteiger partial charge in [0, 0.05) is 5.41 Å². The molecule has 0 nitrogen and oxygen atoms in total. The summed E-state index contributed by atoms with van der Waals surface area (Å²) in [7, 11) is 0. The Balaban J connectivity index is 1.51. The molecular formula is C35H26. The molecule has 0 heterocycles. The molecule has 7 rings (SSSR count). The summed E-state index contributed by atoms with van der Waals surface area (Å²) in [5.74, 6) is 0. The minimum absolute atomic E-state index is 0.0387. The molecule has 0 aromatic heterocycles. The minimum Gasteiger partial charge on any atom is -0.0622 e. The normalized spacial score (nSPS) is 13.7. The molecule has 0 saturated carbocycles. The molecule has 0 heteroatoms. The van der Waals surface area contributed by atoms with Crippen LogP contribution in [-0.4, -0.2) is 0 Å². The Morgan fingerprint density at radius 1 is 0.429 bits per heavy atom. The molecule has 0 fully saturated rings. The van der Waals surface area contributed by atoms with Crippen molar-refractivity contribution in [3.05, 3.63) is 132 Å². The second kappa shape index (κ2) is 7.42. The second-order valence-electron chi connectivity index (χ2n) is 10.2. The number of benzene rings is 6. The van der Waals surface area contributed by atoms with Gasteiger partial charge < -0.3 is 0 Å². The fourth-order valence-electron chi connectivity index (χ4n) is 6.19. The SMILES string of the molecule is CC1(C)c2ccccc2-c2c1c1ccc(-c3cccc(-c4ccccc4)c3)cc1c1ccccc21. The highest BCUT2D eigenvalue weighted by atomic mass is 14.4. The van der Waals surface area contributed by atoms with Gasteiger partial charge in [-0.2, -0.15) is 0 Å². The molecule has 0 radical (unpaired) electrons. The van der Waals surface area contributed by atoms with Gasteiger partial charge in [0.1, 0.15) is 0 Å². The van der Waals surface area contributed by atoms with Crippen LogP contribution in [0.1, 0.15) is 25.0 Å². The van der Waals surface area contributed by atoms with E-state index in [0.717, 1.165) is 0 Å². The first kappa shape index (κ1) is 20.2. The molecule has 0 N–H and O–H groups in total. The van der Waals surface area contributed by atoms with E-state index >= 15 is 0 Å². The lowest BCUT2D eigenvalue weighted by atomic mass is 9.79. The second-order valence-corrected chi connectivity index (χ2v) is 10.2. The molecule has 1 aliphatic carbocycles. The van der Waals surface area contributed by atoms with Crippen molar-refractivity contribution in [2.24, 2.45) is 0 Å². The fourth-order valence-corrected chi connectivity index (χ4v) is 6.19. The van der Waals surface area contributed by atoms with Crippen LogP contribution in [0, 0.1) is 0 Å². The van der Waals surface area contributed by atoms with Crippen molar-refractivity contribution in [2.45, 2.75) is 19.3 Å². The van der Waals surface area contributed by atoms with Gasteiger partial charge in [-0.15, -0.1) is 0 Å². The van der Waals surface area contributed by atoms with Gasteiger partial charge in [-0.3, -0.25) is 0 Å². The summed E-state index contributed by atoms with van der Waals surface area (Å²) in [4.78, 5) is 0. The number of fused-ring (bicyclic) bond motifs is 8. The monoisotopic (exact) mass is 446 g/mol. The molecule has 6 aromatic carbocycles. The van der Waals surface area contributed by atoms with E-state index in [0.29, 0.717) is 0 Å². The number of hydrogen-bond donors (Lipinski definition) is 0. The minimum atomic E-state index is -0.0387. The van der Waals surface area contributed by atoms with Crippen molar-refractivity contribution >= 4 is 21.5 Å². The Bertz CT molecular complexity index is 1750. The highest BCUT2D eigenvalue weighted by Gasteiger charge is 2.38. The van der Waals surface area contributed by atoms with Crippen LogP contribution in [0.4, 0.5) is 0 Å². The predicted molar refractivity (Wildman–Crippen MR) is 150 cm³/mol. The Kier molecular flexibility index (Phi) is 4.29. The summed E-state index contributed by atoms with van der Waals surface area (Å²) in [6.07, 6.45) is 0. The van der Waals surface area contributed by atoms with Gasteiger partial charge in [0.25, 0.3) is 0 Å². The first-order valence-corrected chi connectivity index (χ1v) is 12.4. The molecular weight excluding hydrogens is 420 g/mol. The summed E-state index contributed by atoms with van der Waals surface area (Å²) in [6, 6.07) is 44.5. The third kappa shape index (κ3) is 2.93. The van der Waals surface area contributed by atoms with Crippen LogP contribution in [0.3, 0.4) is 0 Å². The zero-order valence-electron chi connectivity index (χ0n) is 20.0. The van der Waals surface area contributed by atoms with E-state index in [2.05, 4.69) is 135 Å². The molecule has 0 saturated heterocycles. The largest absolute Gasteiger partial charge is 0.0622 e. The van der Waals surface area contributed by atoms with Gasteiger partial charge in [-0.1, -0.05) is 123 Å². The summed E-state index contributed by atoms with van der Waals surface area (Å²) >= 11 is 0. The first-order valence-electron chi connectivity index (χ1n) is 12.4. The van der Waals surface area contributed by atoms with E-state index in [-0.39, 0.29) is 5.41 Å². The van der Waals surface area contributed by atoms with E-state index in [1.807, 2.05) is 0 Å². The lowest BCUT2D eigenvalue weighted by molar-refractivity contribution is 0.666. The molecule has 0 atom stereocenters. The summed E-state index contributed by atoms with van der Waals surface area (Å²) in [6.45, 7) is 4.76. The molecule has 35 heavy (non-hydrogen) atoms. The van der Waals surface area contributed by atoms with Crippen molar-refractivity contribution in [3.63, 3.8) is 0 Å². The zero-order chi connectivity index (χ0) is 23.6. The van der Waals surface area contributed by atoms with Crippen LogP contribution in [0.15, 0.2) is 121 Å². The van der Waals surface area contributed by atoms with Crippen LogP contribution in [-0.2, 0) is 5.41 Å². The van der Waals surface area contributed by atoms with Gasteiger partial charge in [0.15, 0.2) is 0 Å². The van der Waals surface area contributed by atoms with Crippen LogP contribution in [0.25, 0.3) is 54.9 Å². The summed E-state index contributed by atoms with van der Waals surface area (Å²) in [5, 5.41) is 5.38. The number of rotatable bonds is 2. The quantitative estimate of drug-likeness (QED) is 0.232. The van der Waals surface area contributed by atoms with E-state index in [9.17, 15) is 0 Å². The predicted octanol–water partition coefficient (Wildman–Crippen LogP) is 9.63. The molecule has 0 amide bonds. The van der Waals surface area contributed by atoms with Gasteiger partial charge in [0.05, 0.1) is 0 Å². The van der Waals surface area contributed by atoms with Crippen LogP contribution < -0.4 is 0 Å². The maximum atomic E-state index is 2.40. The van der Waals surface area contributed by atoms with Crippen molar-refractivity contribution in [1.29, 1.82) is 0 Å². The van der Waals surface area contributed by atoms with Crippen LogP contribution in [0.5, 0.6) is 0 Å². The smallest absolute Gasteiger partial charge is 0.0165 e. The van der Waals surface area contributed by atoms with Crippen LogP contribution >= 0.6 is 0 Å². The lowest BCUT2D eigenvalue weighted by Crippen LogP contribution is -2.15. The van der Waals surface area contributed by atoms with E-state index in [1.165, 1.54) is 66.1 Å². The first-order chi connectivity index (χ1) is 17.1. The van der Waals surface area contributed by atoms with Gasteiger partial charge in [0.2, 0.25) is 0 Å². The van der Waals surface area contributed by atoms with Gasteiger partial charge in [-0.25, -0.2) is 0 Å². The zero-order valence-corrected chi connectivity index (χ0v) is 20.0. The summed E-state index contributed by atoms with van der Waals surface area (Å²) < 4.78 is 0. The highest BCUT2D eigenvalue weighted by molar-refractivity contribution is 6.18.